The molecule has 2 aliphatic rings. The number of fused-ring (bicyclic) bond motifs is 1. The van der Waals surface area contributed by atoms with Crippen molar-refractivity contribution in [3.8, 4) is 17.2 Å². The Balaban J connectivity index is 1.39. The van der Waals surface area contributed by atoms with Crippen molar-refractivity contribution in [3.05, 3.63) is 47.5 Å². The maximum Gasteiger partial charge on any atom is 0.193 e. The molecule has 0 spiro atoms. The number of methoxy groups -OCH3 is 2. The van der Waals surface area contributed by atoms with Crippen LogP contribution in [0.25, 0.3) is 0 Å². The van der Waals surface area contributed by atoms with Crippen molar-refractivity contribution in [1.29, 1.82) is 0 Å². The first-order valence-corrected chi connectivity index (χ1v) is 10.7. The van der Waals surface area contributed by atoms with Gasteiger partial charge >= 0.3 is 0 Å². The van der Waals surface area contributed by atoms with E-state index >= 15 is 0 Å². The quantitative estimate of drug-likeness (QED) is 0.675. The van der Waals surface area contributed by atoms with E-state index < -0.39 is 6.10 Å². The van der Waals surface area contributed by atoms with E-state index in [0.717, 1.165) is 43.2 Å². The highest BCUT2D eigenvalue weighted by molar-refractivity contribution is 6.02. The highest BCUT2D eigenvalue weighted by atomic mass is 16.5. The van der Waals surface area contributed by atoms with Crippen molar-refractivity contribution < 1.29 is 23.7 Å². The number of Topliss-reactive ketones (excluding diaryl/α,β-unsaturated/α-hetero) is 1. The summed E-state index contributed by atoms with van der Waals surface area (Å²) in [5, 5.41) is 0. The highest BCUT2D eigenvalue weighted by Gasteiger charge is 2.32. The van der Waals surface area contributed by atoms with Crippen molar-refractivity contribution in [1.82, 2.24) is 4.90 Å². The van der Waals surface area contributed by atoms with Gasteiger partial charge in [0.1, 0.15) is 11.9 Å². The summed E-state index contributed by atoms with van der Waals surface area (Å²) in [4.78, 5) is 17.7. The topological polar surface area (TPSA) is 60.5 Å². The van der Waals surface area contributed by atoms with Gasteiger partial charge in [-0.15, -0.1) is 0 Å². The molecule has 0 amide bonds. The van der Waals surface area contributed by atoms with Crippen molar-refractivity contribution in [2.75, 3.05) is 58.5 Å². The number of rotatable bonds is 7. The Morgan fingerprint density at radius 2 is 1.71 bits per heavy atom. The van der Waals surface area contributed by atoms with E-state index in [2.05, 4.69) is 15.9 Å². The number of carbonyl (C=O) groups excluding carboxylic acids is 1. The second kappa shape index (κ2) is 9.58. The lowest BCUT2D eigenvalue weighted by Crippen LogP contribution is -2.50. The summed E-state index contributed by atoms with van der Waals surface area (Å²) >= 11 is 0. The number of para-hydroxylation sites is 2. The Bertz CT molecular complexity index is 924. The predicted octanol–water partition coefficient (Wildman–Crippen LogP) is 3.01. The van der Waals surface area contributed by atoms with Crippen LogP contribution in [0.1, 0.15) is 22.8 Å². The van der Waals surface area contributed by atoms with E-state index in [9.17, 15) is 4.79 Å². The normalized spacial score (nSPS) is 19.1. The molecule has 0 radical (unpaired) electrons. The van der Waals surface area contributed by atoms with Crippen molar-refractivity contribution >= 4 is 11.5 Å². The minimum Gasteiger partial charge on any atom is -0.493 e. The van der Waals surface area contributed by atoms with E-state index in [1.54, 1.807) is 20.3 Å². The maximum atomic E-state index is 13.1. The number of nitrogens with zero attached hydrogens (tertiary/aromatic N) is 2. The van der Waals surface area contributed by atoms with Crippen molar-refractivity contribution in [3.63, 3.8) is 0 Å². The number of anilines is 1. The molecule has 2 heterocycles. The molecule has 4 rings (SSSR count). The lowest BCUT2D eigenvalue weighted by atomic mass is 9.96. The molecule has 1 saturated heterocycles. The summed E-state index contributed by atoms with van der Waals surface area (Å²) in [6, 6.07) is 11.8. The summed E-state index contributed by atoms with van der Waals surface area (Å²) in [6.07, 6.45) is -0.465. The number of benzene rings is 2. The molecular weight excluding hydrogens is 396 g/mol. The van der Waals surface area contributed by atoms with Crippen LogP contribution in [0.5, 0.6) is 17.2 Å². The molecule has 1 unspecified atom stereocenters. The monoisotopic (exact) mass is 426 g/mol. The molecule has 0 bridgehead atoms. The summed E-state index contributed by atoms with van der Waals surface area (Å²) < 4.78 is 22.4. The Labute approximate surface area is 183 Å². The Kier molecular flexibility index (Phi) is 6.63. The number of ketones is 1. The molecule has 7 heteroatoms. The van der Waals surface area contributed by atoms with Crippen LogP contribution in [0.4, 0.5) is 5.69 Å². The molecule has 2 aromatic rings. The van der Waals surface area contributed by atoms with Crippen LogP contribution in [0, 0.1) is 0 Å². The third-order valence-electron chi connectivity index (χ3n) is 5.91. The fourth-order valence-electron chi connectivity index (χ4n) is 4.25. The van der Waals surface area contributed by atoms with Gasteiger partial charge in [-0.25, -0.2) is 0 Å². The van der Waals surface area contributed by atoms with Gasteiger partial charge in [0.2, 0.25) is 0 Å². The summed E-state index contributed by atoms with van der Waals surface area (Å²) in [7, 11) is 3.17. The van der Waals surface area contributed by atoms with Gasteiger partial charge in [0, 0.05) is 38.3 Å². The van der Waals surface area contributed by atoms with E-state index in [1.807, 2.05) is 31.2 Å². The Morgan fingerprint density at radius 3 is 2.42 bits per heavy atom. The van der Waals surface area contributed by atoms with Gasteiger partial charge in [0.05, 0.1) is 33.1 Å². The molecule has 0 saturated carbocycles. The molecule has 166 valence electrons. The van der Waals surface area contributed by atoms with Crippen LogP contribution >= 0.6 is 0 Å². The standard InChI is InChI=1S/C24H30N2O5/c1-4-30-20-8-6-5-7-19(20)26-11-9-25(10-12-26)15-23-24(27)18-14-22(29-3)21(28-2)13-17(18)16-31-23/h5-8,13-14,23H,4,9-12,15-16H2,1-3H3. The lowest BCUT2D eigenvalue weighted by molar-refractivity contribution is 0.00988. The number of hydrogen-bond donors (Lipinski definition) is 0. The zero-order valence-electron chi connectivity index (χ0n) is 18.4. The van der Waals surface area contributed by atoms with Gasteiger partial charge in [-0.1, -0.05) is 12.1 Å². The Hall–Kier alpha value is -2.77. The van der Waals surface area contributed by atoms with E-state index in [0.29, 0.717) is 36.8 Å². The predicted molar refractivity (Wildman–Crippen MR) is 119 cm³/mol. The number of carbonyl (C=O) groups is 1. The van der Waals surface area contributed by atoms with E-state index in [-0.39, 0.29) is 5.78 Å². The maximum absolute atomic E-state index is 13.1. The summed E-state index contributed by atoms with van der Waals surface area (Å²) in [5.74, 6) is 2.10. The third kappa shape index (κ3) is 4.48. The van der Waals surface area contributed by atoms with Crippen LogP contribution < -0.4 is 19.1 Å². The van der Waals surface area contributed by atoms with Crippen molar-refractivity contribution in [2.45, 2.75) is 19.6 Å². The first kappa shape index (κ1) is 21.5. The van der Waals surface area contributed by atoms with Gasteiger partial charge in [-0.05, 0) is 36.8 Å². The summed E-state index contributed by atoms with van der Waals surface area (Å²) in [5.41, 5.74) is 2.64. The number of ether oxygens (including phenoxy) is 4. The van der Waals surface area contributed by atoms with Gasteiger partial charge in [0.25, 0.3) is 0 Å². The second-order valence-electron chi connectivity index (χ2n) is 7.72. The van der Waals surface area contributed by atoms with Crippen LogP contribution in [-0.2, 0) is 11.3 Å². The molecular formula is C24H30N2O5. The molecule has 0 aromatic heterocycles. The van der Waals surface area contributed by atoms with Gasteiger partial charge in [-0.3, -0.25) is 9.69 Å². The zero-order chi connectivity index (χ0) is 21.8. The third-order valence-corrected chi connectivity index (χ3v) is 5.91. The molecule has 2 aromatic carbocycles. The smallest absolute Gasteiger partial charge is 0.193 e. The molecule has 1 fully saturated rings. The van der Waals surface area contributed by atoms with Gasteiger partial charge in [0.15, 0.2) is 17.3 Å². The SMILES string of the molecule is CCOc1ccccc1N1CCN(CC2OCc3cc(OC)c(OC)cc3C2=O)CC1. The molecule has 2 aliphatic heterocycles. The van der Waals surface area contributed by atoms with E-state index in [1.165, 1.54) is 0 Å². The highest BCUT2D eigenvalue weighted by Crippen LogP contribution is 2.34. The molecule has 1 atom stereocenters. The van der Waals surface area contributed by atoms with E-state index in [4.69, 9.17) is 18.9 Å². The summed E-state index contributed by atoms with van der Waals surface area (Å²) in [6.45, 7) is 7.13. The fourth-order valence-corrected chi connectivity index (χ4v) is 4.25. The molecule has 0 aliphatic carbocycles. The zero-order valence-corrected chi connectivity index (χ0v) is 18.4. The van der Waals surface area contributed by atoms with Crippen LogP contribution in [0.15, 0.2) is 36.4 Å². The molecule has 0 N–H and O–H groups in total. The minimum atomic E-state index is -0.465. The van der Waals surface area contributed by atoms with Crippen molar-refractivity contribution in [2.24, 2.45) is 0 Å². The van der Waals surface area contributed by atoms with Crippen LogP contribution in [-0.4, -0.2) is 70.3 Å². The first-order valence-electron chi connectivity index (χ1n) is 10.7. The minimum absolute atomic E-state index is 0.00586. The van der Waals surface area contributed by atoms with Gasteiger partial charge in [-0.2, -0.15) is 0 Å². The average Bonchev–Trinajstić information content (AvgIpc) is 2.81. The largest absolute Gasteiger partial charge is 0.493 e. The lowest BCUT2D eigenvalue weighted by Gasteiger charge is -2.38. The molecule has 7 nitrogen and oxygen atoms in total. The number of hydrogen-bond acceptors (Lipinski definition) is 7. The van der Waals surface area contributed by atoms with Gasteiger partial charge < -0.3 is 23.8 Å². The average molecular weight is 427 g/mol. The Morgan fingerprint density at radius 1 is 1.00 bits per heavy atom. The van der Waals surface area contributed by atoms with Crippen LogP contribution in [0.2, 0.25) is 0 Å². The number of piperazine rings is 1. The second-order valence-corrected chi connectivity index (χ2v) is 7.72. The fraction of sp³-hybridized carbons (Fsp3) is 0.458. The molecule has 31 heavy (non-hydrogen) atoms. The van der Waals surface area contributed by atoms with Crippen LogP contribution in [0.3, 0.4) is 0 Å². The first-order chi connectivity index (χ1) is 15.1.